The van der Waals surface area contributed by atoms with Crippen LogP contribution in [-0.4, -0.2) is 64.3 Å². The maximum Gasteiger partial charge on any atom is 0.0964 e. The molecule has 0 rings (SSSR count). The molecule has 0 unspecified atom stereocenters. The molecular weight excluding hydrogens is 275 g/mol. The van der Waals surface area contributed by atoms with E-state index < -0.39 is 7.60 Å². The van der Waals surface area contributed by atoms with Gasteiger partial charge in [0.1, 0.15) is 0 Å². The second-order valence-corrected chi connectivity index (χ2v) is 7.69. The van der Waals surface area contributed by atoms with Crippen LogP contribution in [0.25, 0.3) is 0 Å². The van der Waals surface area contributed by atoms with Gasteiger partial charge in [-0.15, -0.1) is 0 Å². The van der Waals surface area contributed by atoms with Gasteiger partial charge in [0.05, 0.1) is 55.4 Å². The lowest BCUT2D eigenvalue weighted by molar-refractivity contribution is -0.864. The third-order valence-electron chi connectivity index (χ3n) is 1.58. The van der Waals surface area contributed by atoms with Crippen LogP contribution in [0.15, 0.2) is 37.7 Å². The van der Waals surface area contributed by atoms with Crippen molar-refractivity contribution in [3.63, 3.8) is 0 Å². The summed E-state index contributed by atoms with van der Waals surface area (Å²) in [6.45, 7) is 12.1. The lowest BCUT2D eigenvalue weighted by atomic mass is 10.5. The van der Waals surface area contributed by atoms with Gasteiger partial charge in [-0.25, -0.2) is 0 Å². The van der Waals surface area contributed by atoms with Gasteiger partial charge < -0.3 is 23.3 Å². The summed E-state index contributed by atoms with van der Waals surface area (Å²) in [6, 6.07) is 0. The zero-order chi connectivity index (χ0) is 17.0. The molecule has 0 heterocycles. The van der Waals surface area contributed by atoms with E-state index in [0.717, 1.165) is 22.1 Å². The molecule has 0 aliphatic heterocycles. The smallest absolute Gasteiger partial charge is 0.0964 e. The minimum atomic E-state index is -4.38. The number of nitrogens with zero attached hydrogens (tertiary/aromatic N) is 2. The van der Waals surface area contributed by atoms with Crippen molar-refractivity contribution in [2.24, 2.45) is 0 Å². The summed E-state index contributed by atoms with van der Waals surface area (Å²) in [5.74, 6) is 0.382. The molecule has 0 aliphatic rings. The fourth-order valence-electron chi connectivity index (χ4n) is 0.775. The second-order valence-electron chi connectivity index (χ2n) is 6.25. The molecule has 0 N–H and O–H groups in total. The third kappa shape index (κ3) is 43.3. The minimum absolute atomic E-state index is 0.382. The zero-order valence-corrected chi connectivity index (χ0v) is 14.7. The predicted octanol–water partition coefficient (Wildman–Crippen LogP) is 0.801. The van der Waals surface area contributed by atoms with E-state index in [1.165, 1.54) is 0 Å². The quantitative estimate of drug-likeness (QED) is 0.429. The van der Waals surface area contributed by atoms with Crippen molar-refractivity contribution < 1.29 is 23.3 Å². The van der Waals surface area contributed by atoms with Crippen molar-refractivity contribution in [3.8, 4) is 0 Å². The molecular formula is C14H31N2O3P. The summed E-state index contributed by atoms with van der Waals surface area (Å²) in [5, 5.41) is 0. The van der Waals surface area contributed by atoms with E-state index in [1.807, 2.05) is 12.2 Å². The number of quaternary nitrogens is 2. The van der Waals surface area contributed by atoms with Gasteiger partial charge >= 0.3 is 0 Å². The number of hydrogen-bond donors (Lipinski definition) is 0. The van der Waals surface area contributed by atoms with Crippen molar-refractivity contribution in [1.29, 1.82) is 0 Å². The highest BCUT2D eigenvalue weighted by Crippen LogP contribution is 2.22. The number of rotatable bonds is 5. The summed E-state index contributed by atoms with van der Waals surface area (Å²) in [7, 11) is 8.46. The predicted molar refractivity (Wildman–Crippen MR) is 84.0 cm³/mol. The molecule has 0 aromatic rings. The first-order valence-corrected chi connectivity index (χ1v) is 7.77. The summed E-state index contributed by atoms with van der Waals surface area (Å²) in [4.78, 5) is 18.7. The SMILES string of the molecule is C=CC[N+](C)(C)C.C=CC[N+](C)(C)C.C=CP(=O)([O-])[O-]. The van der Waals surface area contributed by atoms with Crippen LogP contribution in [0.4, 0.5) is 0 Å². The highest BCUT2D eigenvalue weighted by atomic mass is 31.2. The fraction of sp³-hybridized carbons (Fsp3) is 0.571. The van der Waals surface area contributed by atoms with E-state index in [2.05, 4.69) is 62.0 Å². The van der Waals surface area contributed by atoms with Crippen molar-refractivity contribution in [2.45, 2.75) is 0 Å². The molecule has 0 spiro atoms. The van der Waals surface area contributed by atoms with E-state index in [-0.39, 0.29) is 0 Å². The average Bonchev–Trinajstić information content (AvgIpc) is 2.14. The largest absolute Gasteiger partial charge is 0.808 e. The van der Waals surface area contributed by atoms with E-state index >= 15 is 0 Å². The molecule has 0 saturated heterocycles. The van der Waals surface area contributed by atoms with E-state index in [9.17, 15) is 14.4 Å². The van der Waals surface area contributed by atoms with Gasteiger partial charge in [0.2, 0.25) is 0 Å². The third-order valence-corrected chi connectivity index (χ3v) is 2.02. The molecule has 0 saturated carbocycles. The first-order chi connectivity index (χ1) is 8.68. The highest BCUT2D eigenvalue weighted by Gasteiger charge is 2.00. The Morgan fingerprint density at radius 3 is 1.05 bits per heavy atom. The molecule has 0 bridgehead atoms. The molecule has 0 aromatic carbocycles. The topological polar surface area (TPSA) is 63.2 Å². The summed E-state index contributed by atoms with van der Waals surface area (Å²) in [5.41, 5.74) is 0. The molecule has 0 aromatic heterocycles. The molecule has 0 radical (unpaired) electrons. The normalized spacial score (nSPS) is 11.2. The highest BCUT2D eigenvalue weighted by molar-refractivity contribution is 7.52. The van der Waals surface area contributed by atoms with Crippen LogP contribution in [0, 0.1) is 0 Å². The minimum Gasteiger partial charge on any atom is -0.808 e. The van der Waals surface area contributed by atoms with Crippen LogP contribution >= 0.6 is 7.60 Å². The van der Waals surface area contributed by atoms with Crippen LogP contribution in [0.2, 0.25) is 0 Å². The van der Waals surface area contributed by atoms with E-state index in [4.69, 9.17) is 0 Å². The van der Waals surface area contributed by atoms with Gasteiger partial charge in [-0.05, 0) is 19.7 Å². The van der Waals surface area contributed by atoms with Crippen LogP contribution < -0.4 is 9.79 Å². The Balaban J connectivity index is -0.000000218. The Kier molecular flexibility index (Phi) is 13.4. The van der Waals surface area contributed by atoms with Gasteiger partial charge in [-0.2, -0.15) is 0 Å². The van der Waals surface area contributed by atoms with Crippen LogP contribution in [0.1, 0.15) is 0 Å². The van der Waals surface area contributed by atoms with Gasteiger partial charge in [0, 0.05) is 0 Å². The molecule has 120 valence electrons. The fourth-order valence-corrected chi connectivity index (χ4v) is 0.775. The maximum absolute atomic E-state index is 9.35. The second kappa shape index (κ2) is 11.0. The average molecular weight is 306 g/mol. The van der Waals surface area contributed by atoms with E-state index in [0.29, 0.717) is 5.82 Å². The lowest BCUT2D eigenvalue weighted by Crippen LogP contribution is -2.33. The van der Waals surface area contributed by atoms with Crippen LogP contribution in [-0.2, 0) is 4.57 Å². The van der Waals surface area contributed by atoms with Crippen LogP contribution in [0.5, 0.6) is 0 Å². The van der Waals surface area contributed by atoms with Gasteiger partial charge in [0.25, 0.3) is 0 Å². The number of likely N-dealkylation sites (N-methyl/N-ethyl adjacent to an activating group) is 2. The summed E-state index contributed by atoms with van der Waals surface area (Å²) >= 11 is 0. The Labute approximate surface area is 124 Å². The Morgan fingerprint density at radius 1 is 0.850 bits per heavy atom. The zero-order valence-electron chi connectivity index (χ0n) is 13.8. The van der Waals surface area contributed by atoms with Crippen LogP contribution in [0.3, 0.4) is 0 Å². The molecule has 0 fully saturated rings. The molecule has 20 heavy (non-hydrogen) atoms. The molecule has 0 atom stereocenters. The Morgan fingerprint density at radius 2 is 1.05 bits per heavy atom. The Bertz CT molecular complexity index is 302. The number of hydrogen-bond acceptors (Lipinski definition) is 3. The van der Waals surface area contributed by atoms with Crippen molar-refractivity contribution in [3.05, 3.63) is 37.7 Å². The van der Waals surface area contributed by atoms with Crippen molar-refractivity contribution >= 4 is 7.60 Å². The first kappa shape index (κ1) is 24.3. The van der Waals surface area contributed by atoms with Gasteiger partial charge in [-0.1, -0.05) is 25.6 Å². The van der Waals surface area contributed by atoms with E-state index in [1.54, 1.807) is 0 Å². The molecule has 6 heteroatoms. The molecule has 5 nitrogen and oxygen atoms in total. The van der Waals surface area contributed by atoms with Gasteiger partial charge in [0.15, 0.2) is 0 Å². The first-order valence-electron chi connectivity index (χ1n) is 6.16. The summed E-state index contributed by atoms with van der Waals surface area (Å²) in [6.07, 6.45) is 3.86. The molecule has 0 amide bonds. The van der Waals surface area contributed by atoms with Gasteiger partial charge in [-0.3, -0.25) is 0 Å². The van der Waals surface area contributed by atoms with Crippen molar-refractivity contribution in [1.82, 2.24) is 0 Å². The Hall–Kier alpha value is -0.710. The lowest BCUT2D eigenvalue weighted by Gasteiger charge is -2.23. The maximum atomic E-state index is 9.35. The standard InChI is InChI=1S/2C6H14N.C2H5O3P/c2*1-5-6-7(2,3)4;1-2-6(3,4)5/h2*5H,1,6H2,2-4H3;2H,1H2,(H2,3,4,5)/q2*+1;/p-2. The van der Waals surface area contributed by atoms with Crippen molar-refractivity contribution in [2.75, 3.05) is 55.4 Å². The summed E-state index contributed by atoms with van der Waals surface area (Å²) < 4.78 is 11.3. The monoisotopic (exact) mass is 306 g/mol. The molecule has 0 aliphatic carbocycles.